The Morgan fingerprint density at radius 1 is 1.03 bits per heavy atom. The lowest BCUT2D eigenvalue weighted by atomic mass is 10.0. The van der Waals surface area contributed by atoms with Gasteiger partial charge in [-0.3, -0.25) is 0 Å². The third-order valence-corrected chi connectivity index (χ3v) is 7.54. The molecule has 1 aliphatic carbocycles. The minimum atomic E-state index is -0.515. The van der Waals surface area contributed by atoms with E-state index in [2.05, 4.69) is 47.1 Å². The highest BCUT2D eigenvalue weighted by Gasteiger charge is 2.48. The van der Waals surface area contributed by atoms with E-state index in [1.807, 2.05) is 51.1 Å². The van der Waals surface area contributed by atoms with Crippen molar-refractivity contribution in [1.82, 2.24) is 9.80 Å². The first kappa shape index (κ1) is 27.9. The minimum absolute atomic E-state index is 0.179. The topological polar surface area (TPSA) is 59.1 Å². The van der Waals surface area contributed by atoms with Crippen LogP contribution in [0.1, 0.15) is 68.4 Å². The largest absolute Gasteiger partial charge is 0.465 e. The molecule has 0 spiro atoms. The number of benzene rings is 2. The number of carbonyl (C=O) groups is 2. The molecule has 0 bridgehead atoms. The summed E-state index contributed by atoms with van der Waals surface area (Å²) in [6, 6.07) is 18.4. The molecule has 2 aromatic rings. The Bertz CT molecular complexity index is 1110. The maximum Gasteiger partial charge on any atom is 0.410 e. The summed E-state index contributed by atoms with van der Waals surface area (Å²) in [5, 5.41) is 0. The second-order valence-electron chi connectivity index (χ2n) is 11.6. The van der Waals surface area contributed by atoms with Crippen molar-refractivity contribution >= 4 is 18.1 Å². The molecule has 0 N–H and O–H groups in total. The van der Waals surface area contributed by atoms with Crippen molar-refractivity contribution < 1.29 is 19.1 Å². The zero-order valence-electron chi connectivity index (χ0n) is 23.5. The monoisotopic (exact) mass is 518 g/mol. The smallest absolute Gasteiger partial charge is 0.410 e. The summed E-state index contributed by atoms with van der Waals surface area (Å²) >= 11 is 0. The van der Waals surface area contributed by atoms with Gasteiger partial charge in [-0.15, -0.1) is 0 Å². The number of likely N-dealkylation sites (tertiary alicyclic amines) is 1. The Morgan fingerprint density at radius 2 is 1.68 bits per heavy atom. The fourth-order valence-corrected chi connectivity index (χ4v) is 5.40. The summed E-state index contributed by atoms with van der Waals surface area (Å²) in [4.78, 5) is 29.6. The van der Waals surface area contributed by atoms with Crippen LogP contribution in [0.5, 0.6) is 0 Å². The molecule has 0 unspecified atom stereocenters. The first-order valence-corrected chi connectivity index (χ1v) is 13.8. The molecule has 0 aromatic heterocycles. The van der Waals surface area contributed by atoms with Gasteiger partial charge in [0.2, 0.25) is 0 Å². The predicted molar refractivity (Wildman–Crippen MR) is 151 cm³/mol. The van der Waals surface area contributed by atoms with Crippen LogP contribution >= 0.6 is 0 Å². The molecule has 2 atom stereocenters. The lowest BCUT2D eigenvalue weighted by Crippen LogP contribution is -2.50. The summed E-state index contributed by atoms with van der Waals surface area (Å²) in [6.07, 6.45) is 5.89. The van der Waals surface area contributed by atoms with Crippen molar-refractivity contribution in [3.8, 4) is 0 Å². The Labute approximate surface area is 227 Å². The van der Waals surface area contributed by atoms with E-state index in [0.717, 1.165) is 45.3 Å². The number of ether oxygens (including phenoxy) is 2. The highest BCUT2D eigenvalue weighted by atomic mass is 16.6. The van der Waals surface area contributed by atoms with Gasteiger partial charge in [-0.2, -0.15) is 0 Å². The van der Waals surface area contributed by atoms with E-state index in [0.29, 0.717) is 11.5 Å². The Kier molecular flexibility index (Phi) is 8.93. The van der Waals surface area contributed by atoms with E-state index >= 15 is 0 Å². The number of esters is 1. The Morgan fingerprint density at radius 3 is 2.29 bits per heavy atom. The quantitative estimate of drug-likeness (QED) is 0.389. The minimum Gasteiger partial charge on any atom is -0.465 e. The number of hydrogen-bond acceptors (Lipinski definition) is 5. The lowest BCUT2D eigenvalue weighted by molar-refractivity contribution is 0.00492. The fourth-order valence-electron chi connectivity index (χ4n) is 5.40. The van der Waals surface area contributed by atoms with Crippen LogP contribution < -0.4 is 0 Å². The van der Waals surface area contributed by atoms with Crippen molar-refractivity contribution in [3.63, 3.8) is 0 Å². The van der Waals surface area contributed by atoms with Gasteiger partial charge in [-0.25, -0.2) is 9.59 Å². The van der Waals surface area contributed by atoms with Crippen LogP contribution in [0.15, 0.2) is 60.2 Å². The molecule has 204 valence electrons. The molecule has 1 amide bonds. The number of hydrogen-bond donors (Lipinski definition) is 0. The Hall–Kier alpha value is -3.12. The van der Waals surface area contributed by atoms with Crippen molar-refractivity contribution in [2.75, 3.05) is 26.7 Å². The lowest BCUT2D eigenvalue weighted by Gasteiger charge is -2.39. The number of rotatable bonds is 8. The number of amides is 1. The van der Waals surface area contributed by atoms with Crippen LogP contribution in [-0.4, -0.2) is 66.3 Å². The zero-order chi connectivity index (χ0) is 27.3. The van der Waals surface area contributed by atoms with Gasteiger partial charge in [-0.1, -0.05) is 54.1 Å². The SMILES string of the molecule is COC(=O)c1ccc(CCN2CCC(N(C(=O)OC(C)(C)C)[C@@H]3C[C@H]3C(C)=Cc3ccccc3)CC2)cc1. The maximum absolute atomic E-state index is 13.4. The Balaban J connectivity index is 1.35. The first-order chi connectivity index (χ1) is 18.1. The molecular weight excluding hydrogens is 476 g/mol. The van der Waals surface area contributed by atoms with Gasteiger partial charge in [0.15, 0.2) is 0 Å². The zero-order valence-corrected chi connectivity index (χ0v) is 23.5. The molecule has 0 radical (unpaired) electrons. The van der Waals surface area contributed by atoms with Crippen LogP contribution in [0.2, 0.25) is 0 Å². The molecule has 1 saturated heterocycles. The van der Waals surface area contributed by atoms with Gasteiger partial charge >= 0.3 is 12.1 Å². The molecule has 2 aromatic carbocycles. The average Bonchev–Trinajstić information content (AvgIpc) is 3.68. The normalized spacial score (nSPS) is 20.6. The van der Waals surface area contributed by atoms with E-state index in [-0.39, 0.29) is 24.1 Å². The van der Waals surface area contributed by atoms with Gasteiger partial charge in [0.25, 0.3) is 0 Å². The molecule has 1 aliphatic heterocycles. The standard InChI is InChI=1S/C32H42N2O4/c1-23(21-25-9-7-6-8-10-25)28-22-29(28)34(31(36)38-32(2,3)4)27-16-19-33(20-17-27)18-15-24-11-13-26(14-12-24)30(35)37-5/h6-14,21,27-29H,15-20,22H2,1-5H3/t28-,29+/m0/s1. The van der Waals surface area contributed by atoms with Gasteiger partial charge in [0.1, 0.15) is 5.60 Å². The van der Waals surface area contributed by atoms with Crippen molar-refractivity contribution in [2.24, 2.45) is 5.92 Å². The van der Waals surface area contributed by atoms with Gasteiger partial charge in [0.05, 0.1) is 12.7 Å². The molecule has 38 heavy (non-hydrogen) atoms. The first-order valence-electron chi connectivity index (χ1n) is 13.8. The summed E-state index contributed by atoms with van der Waals surface area (Å²) in [5.74, 6) is 0.0746. The summed E-state index contributed by atoms with van der Waals surface area (Å²) in [6.45, 7) is 10.9. The predicted octanol–water partition coefficient (Wildman–Crippen LogP) is 6.21. The van der Waals surface area contributed by atoms with Gasteiger partial charge in [-0.05, 0) is 76.6 Å². The number of methoxy groups -OCH3 is 1. The molecule has 4 rings (SSSR count). The molecule has 2 aliphatic rings. The second kappa shape index (κ2) is 12.2. The third kappa shape index (κ3) is 7.47. The van der Waals surface area contributed by atoms with Crippen molar-refractivity contribution in [2.45, 2.75) is 71.1 Å². The fraction of sp³-hybridized carbons (Fsp3) is 0.500. The molecule has 6 heteroatoms. The van der Waals surface area contributed by atoms with E-state index in [4.69, 9.17) is 9.47 Å². The van der Waals surface area contributed by atoms with Crippen molar-refractivity contribution in [1.29, 1.82) is 0 Å². The van der Waals surface area contributed by atoms with Gasteiger partial charge in [0, 0.05) is 37.6 Å². The third-order valence-electron chi connectivity index (χ3n) is 7.54. The van der Waals surface area contributed by atoms with Crippen LogP contribution in [0.3, 0.4) is 0 Å². The van der Waals surface area contributed by atoms with Crippen LogP contribution in [0.25, 0.3) is 6.08 Å². The van der Waals surface area contributed by atoms with E-state index in [1.165, 1.54) is 23.8 Å². The summed E-state index contributed by atoms with van der Waals surface area (Å²) < 4.78 is 10.7. The highest BCUT2D eigenvalue weighted by Crippen LogP contribution is 2.44. The van der Waals surface area contributed by atoms with E-state index in [9.17, 15) is 9.59 Å². The highest BCUT2D eigenvalue weighted by molar-refractivity contribution is 5.89. The van der Waals surface area contributed by atoms with E-state index in [1.54, 1.807) is 0 Å². The molecule has 6 nitrogen and oxygen atoms in total. The van der Waals surface area contributed by atoms with Crippen LogP contribution in [0.4, 0.5) is 4.79 Å². The van der Waals surface area contributed by atoms with Crippen LogP contribution in [0, 0.1) is 5.92 Å². The van der Waals surface area contributed by atoms with Gasteiger partial charge < -0.3 is 19.3 Å². The number of nitrogens with zero attached hydrogens (tertiary/aromatic N) is 2. The molecular formula is C32H42N2O4. The number of piperidine rings is 1. The molecule has 2 fully saturated rings. The number of carbonyl (C=O) groups excluding carboxylic acids is 2. The second-order valence-corrected chi connectivity index (χ2v) is 11.6. The van der Waals surface area contributed by atoms with E-state index < -0.39 is 5.60 Å². The van der Waals surface area contributed by atoms with Crippen LogP contribution in [-0.2, 0) is 15.9 Å². The van der Waals surface area contributed by atoms with Crippen molar-refractivity contribution in [3.05, 3.63) is 76.9 Å². The molecule has 1 saturated carbocycles. The average molecular weight is 519 g/mol. The maximum atomic E-state index is 13.4. The molecule has 1 heterocycles. The summed E-state index contributed by atoms with van der Waals surface area (Å²) in [7, 11) is 1.40. The summed E-state index contributed by atoms with van der Waals surface area (Å²) in [5.41, 5.74) is 3.79.